The van der Waals surface area contributed by atoms with E-state index in [0.717, 1.165) is 23.4 Å². The van der Waals surface area contributed by atoms with Crippen LogP contribution in [0.5, 0.6) is 0 Å². The molecule has 1 saturated heterocycles. The van der Waals surface area contributed by atoms with Crippen LogP contribution < -0.4 is 0 Å². The summed E-state index contributed by atoms with van der Waals surface area (Å²) in [5.74, 6) is 0.108. The van der Waals surface area contributed by atoms with Gasteiger partial charge < -0.3 is 18.9 Å². The summed E-state index contributed by atoms with van der Waals surface area (Å²) in [4.78, 5) is 29.2. The molecule has 0 saturated carbocycles. The SMILES string of the molecule is Cc1cc(C(=O)N2CCCN(C(=O)c3ccn(C)c3)CC2)c(C)n1C. The van der Waals surface area contributed by atoms with Crippen molar-refractivity contribution < 1.29 is 9.59 Å². The van der Waals surface area contributed by atoms with E-state index in [2.05, 4.69) is 0 Å². The minimum absolute atomic E-state index is 0.0432. The van der Waals surface area contributed by atoms with Crippen LogP contribution in [-0.2, 0) is 14.1 Å². The number of nitrogens with zero attached hydrogens (tertiary/aromatic N) is 4. The minimum Gasteiger partial charge on any atom is -0.356 e. The fourth-order valence-electron chi connectivity index (χ4n) is 3.38. The quantitative estimate of drug-likeness (QED) is 0.838. The van der Waals surface area contributed by atoms with Crippen LogP contribution in [0.3, 0.4) is 0 Å². The smallest absolute Gasteiger partial charge is 0.255 e. The molecule has 0 N–H and O–H groups in total. The maximum atomic E-state index is 12.9. The number of hydrogen-bond acceptors (Lipinski definition) is 2. The molecule has 1 aliphatic rings. The van der Waals surface area contributed by atoms with Gasteiger partial charge in [-0.25, -0.2) is 0 Å². The predicted octanol–water partition coefficient (Wildman–Crippen LogP) is 1.97. The van der Waals surface area contributed by atoms with E-state index in [9.17, 15) is 9.59 Å². The van der Waals surface area contributed by atoms with Gasteiger partial charge in [0.15, 0.2) is 0 Å². The van der Waals surface area contributed by atoms with E-state index < -0.39 is 0 Å². The lowest BCUT2D eigenvalue weighted by Crippen LogP contribution is -2.37. The molecular weight excluding hydrogens is 316 g/mol. The van der Waals surface area contributed by atoms with E-state index in [1.165, 1.54) is 0 Å². The number of carbonyl (C=O) groups excluding carboxylic acids is 2. The first-order chi connectivity index (χ1) is 11.9. The summed E-state index contributed by atoms with van der Waals surface area (Å²) in [5.41, 5.74) is 3.54. The summed E-state index contributed by atoms with van der Waals surface area (Å²) >= 11 is 0. The van der Waals surface area contributed by atoms with Crippen molar-refractivity contribution in [2.75, 3.05) is 26.2 Å². The fraction of sp³-hybridized carbons (Fsp3) is 0.474. The Labute approximate surface area is 148 Å². The number of carbonyl (C=O) groups is 2. The largest absolute Gasteiger partial charge is 0.356 e. The van der Waals surface area contributed by atoms with Crippen molar-refractivity contribution in [2.45, 2.75) is 20.3 Å². The second kappa shape index (κ2) is 6.78. The van der Waals surface area contributed by atoms with Crippen molar-refractivity contribution in [3.8, 4) is 0 Å². The minimum atomic E-state index is 0.0432. The molecule has 3 rings (SSSR count). The number of amides is 2. The Bertz CT molecular complexity index is 802. The zero-order chi connectivity index (χ0) is 18.1. The van der Waals surface area contributed by atoms with E-state index in [0.29, 0.717) is 31.7 Å². The average Bonchev–Trinajstić information content (AvgIpc) is 3.02. The van der Waals surface area contributed by atoms with Crippen LogP contribution in [0.4, 0.5) is 0 Å². The van der Waals surface area contributed by atoms with Crippen molar-refractivity contribution in [2.24, 2.45) is 14.1 Å². The molecule has 6 nitrogen and oxygen atoms in total. The van der Waals surface area contributed by atoms with E-state index in [1.807, 2.05) is 71.4 Å². The van der Waals surface area contributed by atoms with Gasteiger partial charge in [0.1, 0.15) is 0 Å². The Hall–Kier alpha value is -2.50. The van der Waals surface area contributed by atoms with E-state index in [4.69, 9.17) is 0 Å². The first kappa shape index (κ1) is 17.3. The molecule has 0 aliphatic carbocycles. The van der Waals surface area contributed by atoms with Crippen LogP contribution in [0.1, 0.15) is 38.5 Å². The first-order valence-electron chi connectivity index (χ1n) is 8.72. The molecule has 0 spiro atoms. The van der Waals surface area contributed by atoms with E-state index in [-0.39, 0.29) is 11.8 Å². The fourth-order valence-corrected chi connectivity index (χ4v) is 3.38. The number of hydrogen-bond donors (Lipinski definition) is 0. The van der Waals surface area contributed by atoms with Gasteiger partial charge in [0.05, 0.1) is 11.1 Å². The maximum absolute atomic E-state index is 12.9. The normalized spacial score (nSPS) is 15.4. The molecule has 134 valence electrons. The molecule has 6 heteroatoms. The Morgan fingerprint density at radius 1 is 0.960 bits per heavy atom. The highest BCUT2D eigenvalue weighted by Crippen LogP contribution is 2.17. The summed E-state index contributed by atoms with van der Waals surface area (Å²) in [5, 5.41) is 0. The Balaban J connectivity index is 1.70. The molecule has 25 heavy (non-hydrogen) atoms. The van der Waals surface area contributed by atoms with Gasteiger partial charge in [-0.15, -0.1) is 0 Å². The molecule has 2 aromatic rings. The third kappa shape index (κ3) is 3.34. The van der Waals surface area contributed by atoms with Crippen LogP contribution in [0, 0.1) is 13.8 Å². The van der Waals surface area contributed by atoms with Gasteiger partial charge in [-0.1, -0.05) is 0 Å². The topological polar surface area (TPSA) is 50.5 Å². The zero-order valence-electron chi connectivity index (χ0n) is 15.5. The van der Waals surface area contributed by atoms with Gasteiger partial charge >= 0.3 is 0 Å². The molecule has 0 bridgehead atoms. The molecule has 1 fully saturated rings. The molecule has 0 radical (unpaired) electrons. The van der Waals surface area contributed by atoms with Crippen molar-refractivity contribution in [3.05, 3.63) is 47.0 Å². The second-order valence-corrected chi connectivity index (χ2v) is 6.85. The standard InChI is InChI=1S/C19H26N4O2/c1-14-12-17(15(2)21(14)4)19(25)23-8-5-7-22(10-11-23)18(24)16-6-9-20(3)13-16/h6,9,12-13H,5,7-8,10-11H2,1-4H3. The number of aryl methyl sites for hydroxylation is 2. The van der Waals surface area contributed by atoms with Crippen LogP contribution in [0.25, 0.3) is 0 Å². The lowest BCUT2D eigenvalue weighted by Gasteiger charge is -2.22. The van der Waals surface area contributed by atoms with Gasteiger partial charge in [-0.2, -0.15) is 0 Å². The number of aromatic nitrogens is 2. The van der Waals surface area contributed by atoms with Crippen LogP contribution in [-0.4, -0.2) is 56.9 Å². The highest BCUT2D eigenvalue weighted by Gasteiger charge is 2.25. The van der Waals surface area contributed by atoms with E-state index >= 15 is 0 Å². The summed E-state index contributed by atoms with van der Waals surface area (Å²) in [6.07, 6.45) is 4.52. The lowest BCUT2D eigenvalue weighted by atomic mass is 10.2. The predicted molar refractivity (Wildman–Crippen MR) is 96.7 cm³/mol. The average molecular weight is 342 g/mol. The molecule has 3 heterocycles. The van der Waals surface area contributed by atoms with Gasteiger partial charge in [0, 0.05) is 64.1 Å². The van der Waals surface area contributed by atoms with Crippen LogP contribution >= 0.6 is 0 Å². The summed E-state index contributed by atoms with van der Waals surface area (Å²) < 4.78 is 3.91. The number of rotatable bonds is 2. The monoisotopic (exact) mass is 342 g/mol. The highest BCUT2D eigenvalue weighted by molar-refractivity contribution is 5.96. The molecular formula is C19H26N4O2. The lowest BCUT2D eigenvalue weighted by molar-refractivity contribution is 0.0718. The zero-order valence-corrected chi connectivity index (χ0v) is 15.5. The molecule has 1 aliphatic heterocycles. The van der Waals surface area contributed by atoms with Crippen molar-refractivity contribution in [1.82, 2.24) is 18.9 Å². The van der Waals surface area contributed by atoms with E-state index in [1.54, 1.807) is 0 Å². The van der Waals surface area contributed by atoms with Gasteiger partial charge in [0.25, 0.3) is 11.8 Å². The van der Waals surface area contributed by atoms with Crippen molar-refractivity contribution in [3.63, 3.8) is 0 Å². The summed E-state index contributed by atoms with van der Waals surface area (Å²) in [6.45, 7) is 6.50. The van der Waals surface area contributed by atoms with Crippen LogP contribution in [0.15, 0.2) is 24.5 Å². The Kier molecular flexibility index (Phi) is 4.70. The van der Waals surface area contributed by atoms with Gasteiger partial charge in [-0.05, 0) is 32.4 Å². The van der Waals surface area contributed by atoms with Gasteiger partial charge in [0.2, 0.25) is 0 Å². The molecule has 0 aromatic carbocycles. The van der Waals surface area contributed by atoms with Crippen LogP contribution in [0.2, 0.25) is 0 Å². The summed E-state index contributed by atoms with van der Waals surface area (Å²) in [6, 6.07) is 3.79. The highest BCUT2D eigenvalue weighted by atomic mass is 16.2. The summed E-state index contributed by atoms with van der Waals surface area (Å²) in [7, 11) is 3.88. The Morgan fingerprint density at radius 3 is 2.12 bits per heavy atom. The molecule has 0 unspecified atom stereocenters. The van der Waals surface area contributed by atoms with Gasteiger partial charge in [-0.3, -0.25) is 9.59 Å². The molecule has 0 atom stereocenters. The van der Waals surface area contributed by atoms with Crippen molar-refractivity contribution >= 4 is 11.8 Å². The molecule has 2 aromatic heterocycles. The third-order valence-electron chi connectivity index (χ3n) is 5.15. The second-order valence-electron chi connectivity index (χ2n) is 6.85. The third-order valence-corrected chi connectivity index (χ3v) is 5.15. The Morgan fingerprint density at radius 2 is 1.60 bits per heavy atom. The maximum Gasteiger partial charge on any atom is 0.255 e. The van der Waals surface area contributed by atoms with Crippen molar-refractivity contribution in [1.29, 1.82) is 0 Å². The molecule has 2 amide bonds. The first-order valence-corrected chi connectivity index (χ1v) is 8.72.